The number of carbonyl (C=O) groups excluding carboxylic acids is 1. The zero-order valence-corrected chi connectivity index (χ0v) is 9.94. The standard InChI is InChI=1S/C10H11N5OS/c1-15-5-7(4-14-15)17-10-8(9(12)16)2-6(11)3-13-10/h2-5H,11H2,1H3,(H2,12,16). The van der Waals surface area contributed by atoms with Crippen LogP contribution in [0.2, 0.25) is 0 Å². The molecule has 17 heavy (non-hydrogen) atoms. The predicted octanol–water partition coefficient (Wildman–Crippen LogP) is 0.647. The van der Waals surface area contributed by atoms with E-state index in [9.17, 15) is 4.79 Å². The molecule has 0 bridgehead atoms. The average Bonchev–Trinajstić information content (AvgIpc) is 2.66. The number of pyridine rings is 1. The molecule has 0 fully saturated rings. The van der Waals surface area contributed by atoms with Crippen molar-refractivity contribution in [1.82, 2.24) is 14.8 Å². The molecule has 2 aromatic heterocycles. The summed E-state index contributed by atoms with van der Waals surface area (Å²) in [7, 11) is 1.81. The number of carbonyl (C=O) groups is 1. The lowest BCUT2D eigenvalue weighted by Gasteiger charge is -2.04. The largest absolute Gasteiger partial charge is 0.397 e. The van der Waals surface area contributed by atoms with E-state index in [2.05, 4.69) is 10.1 Å². The molecule has 0 aliphatic heterocycles. The van der Waals surface area contributed by atoms with Gasteiger partial charge in [-0.15, -0.1) is 0 Å². The lowest BCUT2D eigenvalue weighted by atomic mass is 10.2. The number of primary amides is 1. The second-order valence-corrected chi connectivity index (χ2v) is 4.50. The summed E-state index contributed by atoms with van der Waals surface area (Å²) in [6.45, 7) is 0. The normalized spacial score (nSPS) is 10.4. The van der Waals surface area contributed by atoms with Crippen molar-refractivity contribution in [2.45, 2.75) is 9.92 Å². The van der Waals surface area contributed by atoms with Crippen molar-refractivity contribution in [3.05, 3.63) is 30.2 Å². The molecule has 0 spiro atoms. The Morgan fingerprint density at radius 2 is 2.24 bits per heavy atom. The number of hydrogen-bond acceptors (Lipinski definition) is 5. The summed E-state index contributed by atoms with van der Waals surface area (Å²) in [6, 6.07) is 1.52. The molecule has 0 atom stereocenters. The molecule has 1 amide bonds. The van der Waals surface area contributed by atoms with Crippen LogP contribution in [-0.4, -0.2) is 20.7 Å². The van der Waals surface area contributed by atoms with Crippen LogP contribution in [-0.2, 0) is 7.05 Å². The van der Waals surface area contributed by atoms with Crippen LogP contribution in [0.3, 0.4) is 0 Å². The smallest absolute Gasteiger partial charge is 0.251 e. The minimum atomic E-state index is -0.545. The highest BCUT2D eigenvalue weighted by atomic mass is 32.2. The van der Waals surface area contributed by atoms with Crippen LogP contribution in [0.5, 0.6) is 0 Å². The van der Waals surface area contributed by atoms with E-state index in [0.717, 1.165) is 4.90 Å². The van der Waals surface area contributed by atoms with Crippen molar-refractivity contribution in [1.29, 1.82) is 0 Å². The first kappa shape index (κ1) is 11.5. The van der Waals surface area contributed by atoms with Crippen molar-refractivity contribution in [2.24, 2.45) is 12.8 Å². The van der Waals surface area contributed by atoms with E-state index in [1.165, 1.54) is 24.0 Å². The summed E-state index contributed by atoms with van der Waals surface area (Å²) in [5.74, 6) is -0.545. The van der Waals surface area contributed by atoms with Gasteiger partial charge in [0.15, 0.2) is 0 Å². The summed E-state index contributed by atoms with van der Waals surface area (Å²) < 4.78 is 1.67. The van der Waals surface area contributed by atoms with Crippen molar-refractivity contribution >= 4 is 23.4 Å². The Balaban J connectivity index is 2.35. The number of rotatable bonds is 3. The van der Waals surface area contributed by atoms with Crippen LogP contribution >= 0.6 is 11.8 Å². The molecule has 2 aromatic rings. The molecule has 0 aliphatic rings. The molecule has 0 saturated heterocycles. The zero-order chi connectivity index (χ0) is 12.4. The van der Waals surface area contributed by atoms with E-state index in [1.807, 2.05) is 13.2 Å². The molecule has 2 heterocycles. The SMILES string of the molecule is Cn1cc(Sc2ncc(N)cc2C(N)=O)cn1. The summed E-state index contributed by atoms with van der Waals surface area (Å²) in [5.41, 5.74) is 11.6. The van der Waals surface area contributed by atoms with Gasteiger partial charge >= 0.3 is 0 Å². The third-order valence-electron chi connectivity index (χ3n) is 2.03. The van der Waals surface area contributed by atoms with Crippen LogP contribution in [0.4, 0.5) is 5.69 Å². The fraction of sp³-hybridized carbons (Fsp3) is 0.100. The molecule has 4 N–H and O–H groups in total. The van der Waals surface area contributed by atoms with Crippen LogP contribution in [0.25, 0.3) is 0 Å². The van der Waals surface area contributed by atoms with Crippen LogP contribution in [0.1, 0.15) is 10.4 Å². The zero-order valence-electron chi connectivity index (χ0n) is 9.12. The monoisotopic (exact) mass is 249 g/mol. The third-order valence-corrected chi connectivity index (χ3v) is 3.00. The molecule has 0 radical (unpaired) electrons. The number of hydrogen-bond donors (Lipinski definition) is 2. The van der Waals surface area contributed by atoms with Crippen LogP contribution in [0, 0.1) is 0 Å². The number of nitrogens with two attached hydrogens (primary N) is 2. The molecule has 0 saturated carbocycles. The highest BCUT2D eigenvalue weighted by Crippen LogP contribution is 2.28. The topological polar surface area (TPSA) is 99.8 Å². The predicted molar refractivity (Wildman–Crippen MR) is 64.5 cm³/mol. The van der Waals surface area contributed by atoms with Gasteiger partial charge in [0.1, 0.15) is 5.03 Å². The Morgan fingerprint density at radius 3 is 2.82 bits per heavy atom. The van der Waals surface area contributed by atoms with Crippen molar-refractivity contribution in [2.75, 3.05) is 5.73 Å². The first-order valence-electron chi connectivity index (χ1n) is 4.78. The summed E-state index contributed by atoms with van der Waals surface area (Å²) >= 11 is 1.32. The third kappa shape index (κ3) is 2.56. The molecule has 7 heteroatoms. The van der Waals surface area contributed by atoms with Crippen molar-refractivity contribution in [3.8, 4) is 0 Å². The molecule has 2 rings (SSSR count). The Morgan fingerprint density at radius 1 is 1.47 bits per heavy atom. The lowest BCUT2D eigenvalue weighted by molar-refractivity contribution is 0.0997. The van der Waals surface area contributed by atoms with Gasteiger partial charge in [0, 0.05) is 13.2 Å². The van der Waals surface area contributed by atoms with Gasteiger partial charge in [0.05, 0.1) is 28.5 Å². The fourth-order valence-corrected chi connectivity index (χ4v) is 2.19. The number of aromatic nitrogens is 3. The number of nitrogens with zero attached hydrogens (tertiary/aromatic N) is 3. The minimum Gasteiger partial charge on any atom is -0.397 e. The van der Waals surface area contributed by atoms with E-state index in [-0.39, 0.29) is 0 Å². The molecule has 0 unspecified atom stereocenters. The van der Waals surface area contributed by atoms with Gasteiger partial charge in [-0.2, -0.15) is 5.10 Å². The Bertz CT molecular complexity index is 566. The van der Waals surface area contributed by atoms with Crippen molar-refractivity contribution in [3.63, 3.8) is 0 Å². The average molecular weight is 249 g/mol. The lowest BCUT2D eigenvalue weighted by Crippen LogP contribution is -2.13. The second kappa shape index (κ2) is 4.46. The molecular weight excluding hydrogens is 238 g/mol. The number of aryl methyl sites for hydroxylation is 1. The number of amides is 1. The fourth-order valence-electron chi connectivity index (χ4n) is 1.29. The molecule has 0 aromatic carbocycles. The van der Waals surface area contributed by atoms with Gasteiger partial charge in [0.2, 0.25) is 0 Å². The first-order chi connectivity index (χ1) is 8.06. The number of nitrogen functional groups attached to an aromatic ring is 1. The van der Waals surface area contributed by atoms with Gasteiger partial charge in [-0.05, 0) is 6.07 Å². The first-order valence-corrected chi connectivity index (χ1v) is 5.60. The maximum absolute atomic E-state index is 11.3. The maximum atomic E-state index is 11.3. The van der Waals surface area contributed by atoms with Crippen LogP contribution < -0.4 is 11.5 Å². The Labute approximate surface area is 102 Å². The van der Waals surface area contributed by atoms with E-state index >= 15 is 0 Å². The van der Waals surface area contributed by atoms with Gasteiger partial charge in [0.25, 0.3) is 5.91 Å². The van der Waals surface area contributed by atoms with Gasteiger partial charge in [-0.1, -0.05) is 11.8 Å². The molecule has 6 nitrogen and oxygen atoms in total. The second-order valence-electron chi connectivity index (χ2n) is 3.44. The highest BCUT2D eigenvalue weighted by molar-refractivity contribution is 7.99. The summed E-state index contributed by atoms with van der Waals surface area (Å²) in [6.07, 6.45) is 5.01. The molecule has 88 valence electrons. The Kier molecular flexibility index (Phi) is 3.01. The summed E-state index contributed by atoms with van der Waals surface area (Å²) in [5, 5.41) is 4.56. The van der Waals surface area contributed by atoms with Gasteiger partial charge in [-0.25, -0.2) is 4.98 Å². The summed E-state index contributed by atoms with van der Waals surface area (Å²) in [4.78, 5) is 16.2. The van der Waals surface area contributed by atoms with E-state index < -0.39 is 5.91 Å². The van der Waals surface area contributed by atoms with Crippen LogP contribution in [0.15, 0.2) is 34.6 Å². The maximum Gasteiger partial charge on any atom is 0.251 e. The van der Waals surface area contributed by atoms with E-state index in [4.69, 9.17) is 11.5 Å². The number of anilines is 1. The molecule has 0 aliphatic carbocycles. The molecular formula is C10H11N5OS. The Hall–Kier alpha value is -2.02. The van der Waals surface area contributed by atoms with E-state index in [0.29, 0.717) is 16.3 Å². The van der Waals surface area contributed by atoms with E-state index in [1.54, 1.807) is 10.9 Å². The van der Waals surface area contributed by atoms with Crippen molar-refractivity contribution < 1.29 is 4.79 Å². The van der Waals surface area contributed by atoms with Gasteiger partial charge < -0.3 is 11.5 Å². The minimum absolute atomic E-state index is 0.318. The van der Waals surface area contributed by atoms with Gasteiger partial charge in [-0.3, -0.25) is 9.48 Å². The highest BCUT2D eigenvalue weighted by Gasteiger charge is 2.12. The quantitative estimate of drug-likeness (QED) is 0.831.